The predicted molar refractivity (Wildman–Crippen MR) is 83.6 cm³/mol. The van der Waals surface area contributed by atoms with Crippen LogP contribution in [0, 0.1) is 6.92 Å². The molecule has 1 heterocycles. The maximum atomic E-state index is 12.3. The van der Waals surface area contributed by atoms with Crippen molar-refractivity contribution in [3.8, 4) is 0 Å². The molecule has 0 aliphatic carbocycles. The minimum absolute atomic E-state index is 0.140. The second kappa shape index (κ2) is 6.25. The SMILES string of the molecule is Cc1ccnc(NC(=O)C(C(N)=S)c2ccccc2)c1. The van der Waals surface area contributed by atoms with Crippen molar-refractivity contribution >= 4 is 28.9 Å². The first-order chi connectivity index (χ1) is 9.58. The lowest BCUT2D eigenvalue weighted by Gasteiger charge is -2.15. The molecule has 20 heavy (non-hydrogen) atoms. The Morgan fingerprint density at radius 1 is 1.30 bits per heavy atom. The van der Waals surface area contributed by atoms with Gasteiger partial charge in [-0.2, -0.15) is 0 Å². The summed E-state index contributed by atoms with van der Waals surface area (Å²) in [7, 11) is 0. The molecule has 0 aliphatic heterocycles. The summed E-state index contributed by atoms with van der Waals surface area (Å²) in [5.74, 6) is -0.442. The second-order valence-electron chi connectivity index (χ2n) is 4.45. The lowest BCUT2D eigenvalue weighted by atomic mass is 9.98. The quantitative estimate of drug-likeness (QED) is 0.846. The summed E-state index contributed by atoms with van der Waals surface area (Å²) in [5, 5.41) is 2.75. The van der Waals surface area contributed by atoms with Gasteiger partial charge in [0.25, 0.3) is 0 Å². The van der Waals surface area contributed by atoms with Crippen LogP contribution in [0.25, 0.3) is 0 Å². The Balaban J connectivity index is 2.23. The average Bonchev–Trinajstić information content (AvgIpc) is 2.39. The molecule has 1 aromatic carbocycles. The van der Waals surface area contributed by atoms with E-state index in [9.17, 15) is 4.79 Å². The summed E-state index contributed by atoms with van der Waals surface area (Å²) in [5.41, 5.74) is 7.49. The van der Waals surface area contributed by atoms with Gasteiger partial charge in [-0.3, -0.25) is 4.79 Å². The molecule has 0 bridgehead atoms. The Morgan fingerprint density at radius 2 is 2.00 bits per heavy atom. The number of amides is 1. The van der Waals surface area contributed by atoms with Crippen LogP contribution in [0.5, 0.6) is 0 Å². The van der Waals surface area contributed by atoms with Crippen molar-refractivity contribution in [2.75, 3.05) is 5.32 Å². The van der Waals surface area contributed by atoms with Crippen LogP contribution in [-0.4, -0.2) is 15.9 Å². The van der Waals surface area contributed by atoms with Gasteiger partial charge in [0.05, 0.1) is 4.99 Å². The monoisotopic (exact) mass is 285 g/mol. The number of pyridine rings is 1. The standard InChI is InChI=1S/C15H15N3OS/c1-10-7-8-17-12(9-10)18-15(19)13(14(16)20)11-5-3-2-4-6-11/h2-9,13H,1H3,(H2,16,20)(H,17,18,19). The molecule has 0 saturated carbocycles. The number of thiocarbonyl (C=S) groups is 1. The molecule has 1 atom stereocenters. The van der Waals surface area contributed by atoms with E-state index in [-0.39, 0.29) is 10.9 Å². The van der Waals surface area contributed by atoms with E-state index in [1.807, 2.05) is 43.3 Å². The zero-order valence-electron chi connectivity index (χ0n) is 11.0. The molecule has 1 unspecified atom stereocenters. The molecule has 2 rings (SSSR count). The number of nitrogens with one attached hydrogen (secondary N) is 1. The number of hydrogen-bond acceptors (Lipinski definition) is 3. The Morgan fingerprint density at radius 3 is 2.60 bits per heavy atom. The third-order valence-corrected chi connectivity index (χ3v) is 3.08. The summed E-state index contributed by atoms with van der Waals surface area (Å²) < 4.78 is 0. The fourth-order valence-electron chi connectivity index (χ4n) is 1.89. The summed E-state index contributed by atoms with van der Waals surface area (Å²) >= 11 is 5.01. The molecular formula is C15H15N3OS. The van der Waals surface area contributed by atoms with Crippen LogP contribution < -0.4 is 11.1 Å². The lowest BCUT2D eigenvalue weighted by Crippen LogP contribution is -2.31. The molecule has 0 spiro atoms. The van der Waals surface area contributed by atoms with Gasteiger partial charge in [-0.1, -0.05) is 42.5 Å². The largest absolute Gasteiger partial charge is 0.392 e. The van der Waals surface area contributed by atoms with E-state index in [1.54, 1.807) is 12.3 Å². The van der Waals surface area contributed by atoms with Gasteiger partial charge >= 0.3 is 0 Å². The van der Waals surface area contributed by atoms with Gasteiger partial charge in [0, 0.05) is 6.20 Å². The van der Waals surface area contributed by atoms with Crippen LogP contribution >= 0.6 is 12.2 Å². The number of anilines is 1. The van der Waals surface area contributed by atoms with E-state index in [4.69, 9.17) is 18.0 Å². The molecule has 1 amide bonds. The Hall–Kier alpha value is -2.27. The Bertz CT molecular complexity index is 628. The molecular weight excluding hydrogens is 270 g/mol. The third-order valence-electron chi connectivity index (χ3n) is 2.85. The molecule has 0 radical (unpaired) electrons. The van der Waals surface area contributed by atoms with E-state index < -0.39 is 5.92 Å². The number of aryl methyl sites for hydroxylation is 1. The number of carbonyl (C=O) groups is 1. The second-order valence-corrected chi connectivity index (χ2v) is 4.93. The number of aromatic nitrogens is 1. The highest BCUT2D eigenvalue weighted by Crippen LogP contribution is 2.18. The smallest absolute Gasteiger partial charge is 0.239 e. The number of benzene rings is 1. The van der Waals surface area contributed by atoms with E-state index in [2.05, 4.69) is 10.3 Å². The minimum Gasteiger partial charge on any atom is -0.392 e. The van der Waals surface area contributed by atoms with Crippen molar-refractivity contribution in [2.24, 2.45) is 5.73 Å². The highest BCUT2D eigenvalue weighted by atomic mass is 32.1. The van der Waals surface area contributed by atoms with Gasteiger partial charge in [-0.25, -0.2) is 4.98 Å². The predicted octanol–water partition coefficient (Wildman–Crippen LogP) is 2.40. The molecule has 4 nitrogen and oxygen atoms in total. The maximum Gasteiger partial charge on any atom is 0.239 e. The average molecular weight is 285 g/mol. The fourth-order valence-corrected chi connectivity index (χ4v) is 2.14. The van der Waals surface area contributed by atoms with Crippen molar-refractivity contribution in [2.45, 2.75) is 12.8 Å². The van der Waals surface area contributed by atoms with Crippen molar-refractivity contribution < 1.29 is 4.79 Å². The van der Waals surface area contributed by atoms with Gasteiger partial charge in [-0.15, -0.1) is 0 Å². The topological polar surface area (TPSA) is 68.0 Å². The minimum atomic E-state index is -0.659. The Labute approximate surface area is 123 Å². The van der Waals surface area contributed by atoms with Gasteiger partial charge in [0.15, 0.2) is 0 Å². The zero-order chi connectivity index (χ0) is 14.5. The Kier molecular flexibility index (Phi) is 4.42. The molecule has 102 valence electrons. The zero-order valence-corrected chi connectivity index (χ0v) is 11.9. The van der Waals surface area contributed by atoms with E-state index >= 15 is 0 Å². The number of nitrogens with two attached hydrogens (primary N) is 1. The van der Waals surface area contributed by atoms with E-state index in [1.165, 1.54) is 0 Å². The van der Waals surface area contributed by atoms with Crippen LogP contribution in [0.2, 0.25) is 0 Å². The number of rotatable bonds is 4. The highest BCUT2D eigenvalue weighted by molar-refractivity contribution is 7.80. The summed E-state index contributed by atoms with van der Waals surface area (Å²) in [6, 6.07) is 12.9. The third kappa shape index (κ3) is 3.39. The molecule has 1 aromatic heterocycles. The first-order valence-corrected chi connectivity index (χ1v) is 6.56. The van der Waals surface area contributed by atoms with Crippen molar-refractivity contribution in [1.29, 1.82) is 0 Å². The van der Waals surface area contributed by atoms with Crippen LogP contribution in [0.1, 0.15) is 17.0 Å². The van der Waals surface area contributed by atoms with Crippen LogP contribution in [0.4, 0.5) is 5.82 Å². The molecule has 0 fully saturated rings. The van der Waals surface area contributed by atoms with Gasteiger partial charge in [-0.05, 0) is 30.2 Å². The van der Waals surface area contributed by atoms with Crippen molar-refractivity contribution in [3.05, 3.63) is 59.8 Å². The van der Waals surface area contributed by atoms with Crippen LogP contribution in [-0.2, 0) is 4.79 Å². The number of hydrogen-bond donors (Lipinski definition) is 2. The van der Waals surface area contributed by atoms with Gasteiger partial charge in [0.2, 0.25) is 5.91 Å². The lowest BCUT2D eigenvalue weighted by molar-refractivity contribution is -0.116. The van der Waals surface area contributed by atoms with E-state index in [0.29, 0.717) is 5.82 Å². The van der Waals surface area contributed by atoms with Gasteiger partial charge in [0.1, 0.15) is 11.7 Å². The van der Waals surface area contributed by atoms with E-state index in [0.717, 1.165) is 11.1 Å². The van der Waals surface area contributed by atoms with Crippen molar-refractivity contribution in [3.63, 3.8) is 0 Å². The first kappa shape index (κ1) is 14.1. The molecule has 5 heteroatoms. The summed E-state index contributed by atoms with van der Waals surface area (Å²) in [4.78, 5) is 16.6. The van der Waals surface area contributed by atoms with Crippen LogP contribution in [0.15, 0.2) is 48.7 Å². The summed E-state index contributed by atoms with van der Waals surface area (Å²) in [6.45, 7) is 1.93. The normalized spacial score (nSPS) is 11.7. The first-order valence-electron chi connectivity index (χ1n) is 6.15. The molecule has 0 aliphatic rings. The van der Waals surface area contributed by atoms with Crippen molar-refractivity contribution in [1.82, 2.24) is 4.98 Å². The molecule has 0 saturated heterocycles. The number of carbonyl (C=O) groups excluding carboxylic acids is 1. The molecule has 3 N–H and O–H groups in total. The van der Waals surface area contributed by atoms with Gasteiger partial charge < -0.3 is 11.1 Å². The molecule has 2 aromatic rings. The summed E-state index contributed by atoms with van der Waals surface area (Å²) in [6.07, 6.45) is 1.64. The maximum absolute atomic E-state index is 12.3. The highest BCUT2D eigenvalue weighted by Gasteiger charge is 2.23. The fraction of sp³-hybridized carbons (Fsp3) is 0.133. The van der Waals surface area contributed by atoms with Crippen LogP contribution in [0.3, 0.4) is 0 Å². The number of nitrogens with zero attached hydrogens (tertiary/aromatic N) is 1.